The van der Waals surface area contributed by atoms with Gasteiger partial charge in [-0.15, -0.1) is 0 Å². The average molecular weight is 404 g/mol. The number of piperidine rings is 2. The summed E-state index contributed by atoms with van der Waals surface area (Å²) in [5.74, 6) is 0.613. The number of urea groups is 1. The zero-order chi connectivity index (χ0) is 20.5. The molecule has 0 bridgehead atoms. The number of carbonyl (C=O) groups is 1. The van der Waals surface area contributed by atoms with Crippen LogP contribution < -0.4 is 5.32 Å². The standard InChI is InChI=1S/C26H33N3O/c1-19-9-10-23-21(16-19)12-15-28-18-22-8-5-14-29(24(22)17-25(23)28)26(30)27-13-11-20-6-3-2-4-7-20/h2-4,6-7,9-10,16,22,24-25H,5,8,11-15,17-18H2,1H3,(H,27,30)/t22-,24+,25+/m0/s1. The van der Waals surface area contributed by atoms with Crippen LogP contribution in [0.25, 0.3) is 0 Å². The highest BCUT2D eigenvalue weighted by Gasteiger charge is 2.43. The summed E-state index contributed by atoms with van der Waals surface area (Å²) in [5, 5.41) is 3.21. The van der Waals surface area contributed by atoms with Gasteiger partial charge >= 0.3 is 6.03 Å². The van der Waals surface area contributed by atoms with E-state index in [0.29, 0.717) is 24.5 Å². The molecular weight excluding hydrogens is 370 g/mol. The van der Waals surface area contributed by atoms with E-state index in [0.717, 1.165) is 45.3 Å². The predicted octanol–water partition coefficient (Wildman–Crippen LogP) is 4.33. The van der Waals surface area contributed by atoms with Crippen molar-refractivity contribution in [1.82, 2.24) is 15.1 Å². The highest BCUT2D eigenvalue weighted by molar-refractivity contribution is 5.74. The summed E-state index contributed by atoms with van der Waals surface area (Å²) >= 11 is 0. The molecule has 0 aliphatic carbocycles. The number of nitrogens with zero attached hydrogens (tertiary/aromatic N) is 2. The molecule has 0 aromatic heterocycles. The van der Waals surface area contributed by atoms with Crippen LogP contribution in [-0.2, 0) is 12.8 Å². The van der Waals surface area contributed by atoms with Crippen molar-refractivity contribution in [2.45, 2.75) is 51.1 Å². The molecule has 2 fully saturated rings. The molecule has 3 aliphatic heterocycles. The van der Waals surface area contributed by atoms with Crippen LogP contribution in [0.3, 0.4) is 0 Å². The molecule has 3 heterocycles. The van der Waals surface area contributed by atoms with Crippen LogP contribution in [-0.4, -0.2) is 48.1 Å². The lowest BCUT2D eigenvalue weighted by Gasteiger charge is -2.52. The Kier molecular flexibility index (Phi) is 5.51. The largest absolute Gasteiger partial charge is 0.338 e. The molecule has 0 spiro atoms. The van der Waals surface area contributed by atoms with Crippen LogP contribution >= 0.6 is 0 Å². The van der Waals surface area contributed by atoms with E-state index >= 15 is 0 Å². The van der Waals surface area contributed by atoms with Gasteiger partial charge in [-0.25, -0.2) is 4.79 Å². The minimum absolute atomic E-state index is 0.133. The first-order valence-electron chi connectivity index (χ1n) is 11.6. The zero-order valence-corrected chi connectivity index (χ0v) is 18.0. The third-order valence-electron chi connectivity index (χ3n) is 7.41. The number of aryl methyl sites for hydroxylation is 1. The first-order valence-corrected chi connectivity index (χ1v) is 11.6. The van der Waals surface area contributed by atoms with Gasteiger partial charge < -0.3 is 10.2 Å². The number of likely N-dealkylation sites (tertiary alicyclic amines) is 1. The lowest BCUT2D eigenvalue weighted by Crippen LogP contribution is -2.59. The number of fused-ring (bicyclic) bond motifs is 4. The Bertz CT molecular complexity index is 896. The number of rotatable bonds is 3. The summed E-state index contributed by atoms with van der Waals surface area (Å²) in [6, 6.07) is 18.3. The van der Waals surface area contributed by atoms with Crippen molar-refractivity contribution in [3.63, 3.8) is 0 Å². The number of carbonyl (C=O) groups excluding carboxylic acids is 1. The molecule has 3 atom stereocenters. The van der Waals surface area contributed by atoms with E-state index in [2.05, 4.69) is 64.5 Å². The molecule has 1 N–H and O–H groups in total. The van der Waals surface area contributed by atoms with E-state index in [1.165, 1.54) is 28.7 Å². The quantitative estimate of drug-likeness (QED) is 0.828. The molecule has 2 aromatic carbocycles. The van der Waals surface area contributed by atoms with Gasteiger partial charge in [0.05, 0.1) is 0 Å². The number of benzene rings is 2. The maximum Gasteiger partial charge on any atom is 0.317 e. The van der Waals surface area contributed by atoms with Crippen molar-refractivity contribution in [2.24, 2.45) is 5.92 Å². The van der Waals surface area contributed by atoms with E-state index in [1.807, 2.05) is 6.07 Å². The summed E-state index contributed by atoms with van der Waals surface area (Å²) in [6.07, 6.45) is 5.50. The highest BCUT2D eigenvalue weighted by atomic mass is 16.2. The van der Waals surface area contributed by atoms with Crippen molar-refractivity contribution < 1.29 is 4.79 Å². The van der Waals surface area contributed by atoms with Crippen molar-refractivity contribution >= 4 is 6.03 Å². The summed E-state index contributed by atoms with van der Waals surface area (Å²) < 4.78 is 0. The Labute approximate surface area is 180 Å². The second-order valence-corrected chi connectivity index (χ2v) is 9.33. The second-order valence-electron chi connectivity index (χ2n) is 9.33. The number of hydrogen-bond acceptors (Lipinski definition) is 2. The molecule has 5 rings (SSSR count). The Morgan fingerprint density at radius 3 is 2.87 bits per heavy atom. The van der Waals surface area contributed by atoms with Crippen molar-refractivity contribution in [3.05, 3.63) is 70.8 Å². The minimum atomic E-state index is 0.133. The molecule has 4 heteroatoms. The van der Waals surface area contributed by atoms with E-state index in [1.54, 1.807) is 0 Å². The Balaban J connectivity index is 1.27. The van der Waals surface area contributed by atoms with Gasteiger partial charge in [0.1, 0.15) is 0 Å². The van der Waals surface area contributed by atoms with Crippen LogP contribution in [0.1, 0.15) is 47.6 Å². The van der Waals surface area contributed by atoms with E-state index in [9.17, 15) is 4.79 Å². The van der Waals surface area contributed by atoms with Crippen LogP contribution in [0.5, 0.6) is 0 Å². The summed E-state index contributed by atoms with van der Waals surface area (Å²) in [6.45, 7) is 6.08. The smallest absolute Gasteiger partial charge is 0.317 e. The summed E-state index contributed by atoms with van der Waals surface area (Å²) in [7, 11) is 0. The minimum Gasteiger partial charge on any atom is -0.338 e. The molecule has 2 aromatic rings. The van der Waals surface area contributed by atoms with Crippen molar-refractivity contribution in [1.29, 1.82) is 0 Å². The first kappa shape index (κ1) is 19.6. The number of hydrogen-bond donors (Lipinski definition) is 1. The molecule has 0 saturated carbocycles. The molecule has 2 saturated heterocycles. The Hall–Kier alpha value is -2.33. The third-order valence-corrected chi connectivity index (χ3v) is 7.41. The van der Waals surface area contributed by atoms with E-state index in [4.69, 9.17) is 0 Å². The molecule has 158 valence electrons. The molecule has 0 radical (unpaired) electrons. The fraction of sp³-hybridized carbons (Fsp3) is 0.500. The molecular formula is C26H33N3O. The van der Waals surface area contributed by atoms with E-state index in [-0.39, 0.29) is 6.03 Å². The van der Waals surface area contributed by atoms with Crippen molar-refractivity contribution in [3.8, 4) is 0 Å². The van der Waals surface area contributed by atoms with Gasteiger partial charge in [0, 0.05) is 38.3 Å². The van der Waals surface area contributed by atoms with Crippen LogP contribution in [0.4, 0.5) is 4.79 Å². The van der Waals surface area contributed by atoms with Crippen LogP contribution in [0, 0.1) is 12.8 Å². The number of amides is 2. The van der Waals surface area contributed by atoms with Gasteiger partial charge in [0.2, 0.25) is 0 Å². The maximum absolute atomic E-state index is 13.1. The number of nitrogens with one attached hydrogen (secondary N) is 1. The first-order chi connectivity index (χ1) is 14.7. The molecule has 0 unspecified atom stereocenters. The third kappa shape index (κ3) is 3.85. The monoisotopic (exact) mass is 403 g/mol. The van der Waals surface area contributed by atoms with E-state index < -0.39 is 0 Å². The normalized spacial score (nSPS) is 25.8. The molecule has 2 amide bonds. The van der Waals surface area contributed by atoms with Gasteiger partial charge in [-0.1, -0.05) is 54.1 Å². The second kappa shape index (κ2) is 8.43. The molecule has 3 aliphatic rings. The lowest BCUT2D eigenvalue weighted by molar-refractivity contribution is 0.00578. The SMILES string of the molecule is Cc1ccc2c(c1)CCN1C[C@@H]3CCCN(C(=O)NCCc4ccccc4)[C@@H]3C[C@H]21. The fourth-order valence-corrected chi connectivity index (χ4v) is 5.90. The molecule has 4 nitrogen and oxygen atoms in total. The summed E-state index contributed by atoms with van der Waals surface area (Å²) in [5.41, 5.74) is 5.65. The topological polar surface area (TPSA) is 35.6 Å². The van der Waals surface area contributed by atoms with Gasteiger partial charge in [0.15, 0.2) is 0 Å². The zero-order valence-electron chi connectivity index (χ0n) is 18.0. The van der Waals surface area contributed by atoms with Crippen LogP contribution in [0.15, 0.2) is 48.5 Å². The average Bonchev–Trinajstić information content (AvgIpc) is 2.77. The van der Waals surface area contributed by atoms with Crippen molar-refractivity contribution in [2.75, 3.05) is 26.2 Å². The van der Waals surface area contributed by atoms with Gasteiger partial charge in [-0.2, -0.15) is 0 Å². The lowest BCUT2D eigenvalue weighted by atomic mass is 9.76. The van der Waals surface area contributed by atoms with Crippen LogP contribution in [0.2, 0.25) is 0 Å². The predicted molar refractivity (Wildman–Crippen MR) is 121 cm³/mol. The fourth-order valence-electron chi connectivity index (χ4n) is 5.90. The van der Waals surface area contributed by atoms with Gasteiger partial charge in [-0.05, 0) is 61.6 Å². The highest BCUT2D eigenvalue weighted by Crippen LogP contribution is 2.42. The maximum atomic E-state index is 13.1. The van der Waals surface area contributed by atoms with Gasteiger partial charge in [-0.3, -0.25) is 4.90 Å². The Morgan fingerprint density at radius 1 is 1.13 bits per heavy atom. The Morgan fingerprint density at radius 2 is 2.00 bits per heavy atom. The summed E-state index contributed by atoms with van der Waals surface area (Å²) in [4.78, 5) is 18.0. The van der Waals surface area contributed by atoms with Gasteiger partial charge in [0.25, 0.3) is 0 Å². The molecule has 30 heavy (non-hydrogen) atoms.